The fraction of sp³-hybridized carbons (Fsp3) is 0.261. The second-order valence-electron chi connectivity index (χ2n) is 7.59. The molecule has 2 aromatic carbocycles. The van der Waals surface area contributed by atoms with Crippen LogP contribution in [0.25, 0.3) is 16.7 Å². The molecule has 1 saturated heterocycles. The Hall–Kier alpha value is -2.92. The van der Waals surface area contributed by atoms with Gasteiger partial charge in [0.1, 0.15) is 12.1 Å². The maximum Gasteiger partial charge on any atom is 0.168 e. The highest BCUT2D eigenvalue weighted by molar-refractivity contribution is 6.30. The molecule has 5 rings (SSSR count). The summed E-state index contributed by atoms with van der Waals surface area (Å²) in [4.78, 5) is 11.5. The first-order chi connectivity index (χ1) is 14.3. The van der Waals surface area contributed by atoms with Crippen LogP contribution < -0.4 is 4.90 Å². The van der Waals surface area contributed by atoms with E-state index in [1.54, 1.807) is 6.33 Å². The lowest BCUT2D eigenvalue weighted by atomic mass is 9.90. The quantitative estimate of drug-likeness (QED) is 0.484. The van der Waals surface area contributed by atoms with Crippen LogP contribution >= 0.6 is 11.6 Å². The van der Waals surface area contributed by atoms with Gasteiger partial charge in [0.15, 0.2) is 5.65 Å². The molecule has 0 spiro atoms. The summed E-state index contributed by atoms with van der Waals surface area (Å²) in [5.41, 5.74) is 3.19. The first kappa shape index (κ1) is 18.1. The number of fused-ring (bicyclic) bond motifs is 1. The van der Waals surface area contributed by atoms with Crippen molar-refractivity contribution in [2.24, 2.45) is 5.92 Å². The van der Waals surface area contributed by atoms with E-state index in [1.165, 1.54) is 18.4 Å². The van der Waals surface area contributed by atoms with Crippen molar-refractivity contribution in [1.29, 1.82) is 0 Å². The molecule has 0 amide bonds. The maximum absolute atomic E-state index is 6.02. The summed E-state index contributed by atoms with van der Waals surface area (Å²) in [5, 5.41) is 6.26. The smallest absolute Gasteiger partial charge is 0.168 e. The topological polar surface area (TPSA) is 46.8 Å². The lowest BCUT2D eigenvalue weighted by Gasteiger charge is -2.33. The number of hydrogen-bond acceptors (Lipinski definition) is 4. The van der Waals surface area contributed by atoms with Gasteiger partial charge in [-0.15, -0.1) is 0 Å². The van der Waals surface area contributed by atoms with Crippen LogP contribution in [-0.2, 0) is 6.42 Å². The molecule has 146 valence electrons. The van der Waals surface area contributed by atoms with Gasteiger partial charge in [-0.1, -0.05) is 41.9 Å². The van der Waals surface area contributed by atoms with Gasteiger partial charge in [-0.25, -0.2) is 14.6 Å². The Morgan fingerprint density at radius 2 is 1.69 bits per heavy atom. The molecule has 0 N–H and O–H groups in total. The molecule has 6 heteroatoms. The number of nitrogens with zero attached hydrogens (tertiary/aromatic N) is 5. The van der Waals surface area contributed by atoms with E-state index >= 15 is 0 Å². The Bertz CT molecular complexity index is 1100. The number of benzene rings is 2. The van der Waals surface area contributed by atoms with Crippen LogP contribution in [0.3, 0.4) is 0 Å². The van der Waals surface area contributed by atoms with Crippen LogP contribution in [0.1, 0.15) is 18.4 Å². The number of piperidine rings is 1. The van der Waals surface area contributed by atoms with Crippen molar-refractivity contribution in [2.75, 3.05) is 18.0 Å². The molecule has 1 aliphatic rings. The van der Waals surface area contributed by atoms with Gasteiger partial charge in [-0.2, -0.15) is 5.10 Å². The van der Waals surface area contributed by atoms with E-state index in [0.29, 0.717) is 5.02 Å². The number of hydrogen-bond donors (Lipinski definition) is 0. The van der Waals surface area contributed by atoms with Gasteiger partial charge >= 0.3 is 0 Å². The van der Waals surface area contributed by atoms with Crippen LogP contribution in [0, 0.1) is 5.92 Å². The largest absolute Gasteiger partial charge is 0.356 e. The van der Waals surface area contributed by atoms with Gasteiger partial charge in [0.05, 0.1) is 17.3 Å². The van der Waals surface area contributed by atoms with Gasteiger partial charge in [0.25, 0.3) is 0 Å². The first-order valence-corrected chi connectivity index (χ1v) is 10.4. The Morgan fingerprint density at radius 3 is 2.45 bits per heavy atom. The molecule has 5 nitrogen and oxygen atoms in total. The number of anilines is 1. The second-order valence-corrected chi connectivity index (χ2v) is 8.02. The Labute approximate surface area is 175 Å². The zero-order valence-corrected chi connectivity index (χ0v) is 16.8. The SMILES string of the molecule is Clc1ccc(-n2ncc3c(N4CCC(Cc5ccccc5)CC4)ncnc32)cc1. The lowest BCUT2D eigenvalue weighted by molar-refractivity contribution is 0.402. The molecule has 1 aliphatic heterocycles. The first-order valence-electron chi connectivity index (χ1n) is 10.0. The van der Waals surface area contributed by atoms with Crippen LogP contribution in [0.15, 0.2) is 67.1 Å². The summed E-state index contributed by atoms with van der Waals surface area (Å²) in [5.74, 6) is 1.70. The third kappa shape index (κ3) is 3.70. The zero-order valence-electron chi connectivity index (χ0n) is 16.1. The van der Waals surface area contributed by atoms with Crippen molar-refractivity contribution >= 4 is 28.5 Å². The zero-order chi connectivity index (χ0) is 19.6. The van der Waals surface area contributed by atoms with Crippen molar-refractivity contribution in [2.45, 2.75) is 19.3 Å². The number of aromatic nitrogens is 4. The minimum Gasteiger partial charge on any atom is -0.356 e. The van der Waals surface area contributed by atoms with Crippen LogP contribution in [0.2, 0.25) is 5.02 Å². The highest BCUT2D eigenvalue weighted by Crippen LogP contribution is 2.29. The van der Waals surface area contributed by atoms with E-state index in [-0.39, 0.29) is 0 Å². The van der Waals surface area contributed by atoms with Gasteiger partial charge in [0, 0.05) is 18.1 Å². The molecule has 0 atom stereocenters. The number of halogens is 1. The van der Waals surface area contributed by atoms with E-state index < -0.39 is 0 Å². The van der Waals surface area contributed by atoms with E-state index in [1.807, 2.05) is 35.1 Å². The third-order valence-corrected chi connectivity index (χ3v) is 5.95. The predicted octanol–water partition coefficient (Wildman–Crippen LogP) is 4.93. The minimum atomic E-state index is 0.707. The minimum absolute atomic E-state index is 0.707. The molecule has 0 aliphatic carbocycles. The normalized spacial score (nSPS) is 15.1. The second kappa shape index (κ2) is 7.84. The Kier molecular flexibility index (Phi) is 4.90. The molecule has 29 heavy (non-hydrogen) atoms. The van der Waals surface area contributed by atoms with Crippen LogP contribution in [-0.4, -0.2) is 32.8 Å². The molecule has 0 unspecified atom stereocenters. The molecule has 0 radical (unpaired) electrons. The van der Waals surface area contributed by atoms with Crippen LogP contribution in [0.5, 0.6) is 0 Å². The monoisotopic (exact) mass is 403 g/mol. The Morgan fingerprint density at radius 1 is 0.931 bits per heavy atom. The number of rotatable bonds is 4. The third-order valence-electron chi connectivity index (χ3n) is 5.70. The summed E-state index contributed by atoms with van der Waals surface area (Å²) in [7, 11) is 0. The van der Waals surface area contributed by atoms with Crippen LogP contribution in [0.4, 0.5) is 5.82 Å². The summed E-state index contributed by atoms with van der Waals surface area (Å²) < 4.78 is 1.85. The summed E-state index contributed by atoms with van der Waals surface area (Å²) >= 11 is 6.02. The van der Waals surface area contributed by atoms with Crippen molar-refractivity contribution in [3.8, 4) is 5.69 Å². The molecule has 4 aromatic rings. The summed E-state index contributed by atoms with van der Waals surface area (Å²) in [6.07, 6.45) is 7.01. The van der Waals surface area contributed by atoms with Gasteiger partial charge in [-0.05, 0) is 55.0 Å². The predicted molar refractivity (Wildman–Crippen MR) is 117 cm³/mol. The Balaban J connectivity index is 1.35. The maximum atomic E-state index is 6.02. The average molecular weight is 404 g/mol. The van der Waals surface area contributed by atoms with Crippen molar-refractivity contribution in [1.82, 2.24) is 19.7 Å². The molecule has 3 heterocycles. The fourth-order valence-corrected chi connectivity index (χ4v) is 4.28. The molecule has 1 fully saturated rings. The standard InChI is InChI=1S/C23H22ClN5/c24-19-6-8-20(9-7-19)29-23-21(15-27-29)22(25-16-26-23)28-12-10-18(11-13-28)14-17-4-2-1-3-5-17/h1-9,15-16,18H,10-14H2. The van der Waals surface area contributed by atoms with E-state index in [2.05, 4.69) is 50.3 Å². The molecular formula is C23H22ClN5. The summed E-state index contributed by atoms with van der Waals surface area (Å²) in [6.45, 7) is 2.02. The molecule has 2 aromatic heterocycles. The van der Waals surface area contributed by atoms with E-state index in [0.717, 1.165) is 48.0 Å². The highest BCUT2D eigenvalue weighted by atomic mass is 35.5. The molecular weight excluding hydrogens is 382 g/mol. The van der Waals surface area contributed by atoms with Crippen molar-refractivity contribution in [3.63, 3.8) is 0 Å². The van der Waals surface area contributed by atoms with E-state index in [4.69, 9.17) is 11.6 Å². The average Bonchev–Trinajstić information content (AvgIpc) is 3.20. The van der Waals surface area contributed by atoms with Crippen molar-refractivity contribution in [3.05, 3.63) is 77.7 Å². The lowest BCUT2D eigenvalue weighted by Crippen LogP contribution is -2.35. The van der Waals surface area contributed by atoms with Crippen molar-refractivity contribution < 1.29 is 0 Å². The van der Waals surface area contributed by atoms with Gasteiger partial charge in [-0.3, -0.25) is 0 Å². The molecule has 0 bridgehead atoms. The highest BCUT2D eigenvalue weighted by Gasteiger charge is 2.23. The van der Waals surface area contributed by atoms with E-state index in [9.17, 15) is 0 Å². The summed E-state index contributed by atoms with van der Waals surface area (Å²) in [6, 6.07) is 18.4. The van der Waals surface area contributed by atoms with Gasteiger partial charge in [0.2, 0.25) is 0 Å². The fourth-order valence-electron chi connectivity index (χ4n) is 4.15. The van der Waals surface area contributed by atoms with Gasteiger partial charge < -0.3 is 4.90 Å². The molecule has 0 saturated carbocycles.